The van der Waals surface area contributed by atoms with Crippen molar-refractivity contribution in [3.63, 3.8) is 0 Å². The summed E-state index contributed by atoms with van der Waals surface area (Å²) in [4.78, 5) is 9.35. The highest BCUT2D eigenvalue weighted by Crippen LogP contribution is 2.42. The van der Waals surface area contributed by atoms with E-state index >= 15 is 0 Å². The fraction of sp³-hybridized carbons (Fsp3) is 0.478. The molecule has 1 heterocycles. The third-order valence-corrected chi connectivity index (χ3v) is 5.53. The molecule has 0 radical (unpaired) electrons. The molecule has 6 heteroatoms. The van der Waals surface area contributed by atoms with Gasteiger partial charge in [-0.15, -0.1) is 24.0 Å². The molecule has 0 saturated heterocycles. The summed E-state index contributed by atoms with van der Waals surface area (Å²) in [5.41, 5.74) is 2.55. The van der Waals surface area contributed by atoms with Crippen LogP contribution < -0.4 is 15.4 Å². The van der Waals surface area contributed by atoms with Gasteiger partial charge in [0, 0.05) is 36.8 Å². The number of nitrogens with one attached hydrogen (secondary N) is 2. The number of hydrogen-bond donors (Lipinski definition) is 2. The summed E-state index contributed by atoms with van der Waals surface area (Å²) in [6, 6.07) is 14.5. The number of benzene rings is 1. The van der Waals surface area contributed by atoms with Crippen LogP contribution in [0.5, 0.6) is 5.75 Å². The Hall–Kier alpha value is -1.83. The van der Waals surface area contributed by atoms with Crippen LogP contribution in [0, 0.1) is 0 Å². The van der Waals surface area contributed by atoms with Crippen molar-refractivity contribution >= 4 is 29.9 Å². The zero-order chi connectivity index (χ0) is 19.7. The van der Waals surface area contributed by atoms with E-state index < -0.39 is 0 Å². The van der Waals surface area contributed by atoms with Crippen molar-refractivity contribution < 1.29 is 4.74 Å². The normalized spacial score (nSPS) is 15.4. The van der Waals surface area contributed by atoms with Crippen molar-refractivity contribution in [2.45, 2.75) is 44.4 Å². The van der Waals surface area contributed by atoms with Gasteiger partial charge in [-0.25, -0.2) is 0 Å². The van der Waals surface area contributed by atoms with Gasteiger partial charge in [-0.3, -0.25) is 9.98 Å². The number of hydrogen-bond acceptors (Lipinski definition) is 3. The molecule has 0 atom stereocenters. The molecule has 3 rings (SSSR count). The van der Waals surface area contributed by atoms with E-state index in [2.05, 4.69) is 46.8 Å². The second-order valence-electron chi connectivity index (χ2n) is 7.41. The van der Waals surface area contributed by atoms with E-state index in [0.29, 0.717) is 0 Å². The largest absolute Gasteiger partial charge is 0.497 e. The van der Waals surface area contributed by atoms with Gasteiger partial charge >= 0.3 is 0 Å². The predicted molar refractivity (Wildman–Crippen MR) is 130 cm³/mol. The molecule has 0 amide bonds. The summed E-state index contributed by atoms with van der Waals surface area (Å²) < 4.78 is 5.45. The van der Waals surface area contributed by atoms with E-state index in [0.717, 1.165) is 43.5 Å². The molecule has 29 heavy (non-hydrogen) atoms. The number of halogens is 1. The summed E-state index contributed by atoms with van der Waals surface area (Å²) in [6.07, 6.45) is 7.60. The molecule has 158 valence electrons. The molecular weight excluding hydrogens is 475 g/mol. The van der Waals surface area contributed by atoms with Crippen LogP contribution in [0.2, 0.25) is 0 Å². The molecule has 2 aromatic rings. The van der Waals surface area contributed by atoms with Gasteiger partial charge < -0.3 is 15.4 Å². The van der Waals surface area contributed by atoms with Gasteiger partial charge in [0.15, 0.2) is 5.96 Å². The molecule has 2 N–H and O–H groups in total. The van der Waals surface area contributed by atoms with E-state index in [9.17, 15) is 0 Å². The Morgan fingerprint density at radius 2 is 1.97 bits per heavy atom. The maximum absolute atomic E-state index is 5.45. The Morgan fingerprint density at radius 1 is 1.14 bits per heavy atom. The second-order valence-corrected chi connectivity index (χ2v) is 7.41. The lowest BCUT2D eigenvalue weighted by Gasteiger charge is -2.28. The van der Waals surface area contributed by atoms with Crippen molar-refractivity contribution in [1.29, 1.82) is 0 Å². The number of pyridine rings is 1. The summed E-state index contributed by atoms with van der Waals surface area (Å²) in [5.74, 6) is 1.81. The number of aromatic nitrogens is 1. The standard InChI is InChI=1S/C23H32N4O.HI/c1-3-24-22(26-16-12-20-10-4-7-15-25-20)27-18-23(13-5-6-14-23)19-9-8-11-21(17-19)28-2;/h4,7-11,15,17H,3,5-6,12-14,16,18H2,1-2H3,(H2,24,26,27);1H. The summed E-state index contributed by atoms with van der Waals surface area (Å²) in [7, 11) is 1.73. The molecule has 1 aromatic carbocycles. The third-order valence-electron chi connectivity index (χ3n) is 5.53. The van der Waals surface area contributed by atoms with Crippen LogP contribution in [0.3, 0.4) is 0 Å². The van der Waals surface area contributed by atoms with Crippen molar-refractivity contribution in [2.75, 3.05) is 26.7 Å². The Balaban J connectivity index is 0.00000300. The second kappa shape index (κ2) is 12.0. The van der Waals surface area contributed by atoms with Gasteiger partial charge in [0.05, 0.1) is 13.7 Å². The molecule has 0 aliphatic heterocycles. The Morgan fingerprint density at radius 3 is 2.66 bits per heavy atom. The average Bonchev–Trinajstić information content (AvgIpc) is 3.23. The fourth-order valence-corrected chi connectivity index (χ4v) is 3.97. The quantitative estimate of drug-likeness (QED) is 0.317. The number of rotatable bonds is 8. The number of ether oxygens (including phenoxy) is 1. The Labute approximate surface area is 191 Å². The summed E-state index contributed by atoms with van der Waals surface area (Å²) in [6.45, 7) is 4.55. The predicted octanol–water partition coefficient (Wildman–Crippen LogP) is 4.32. The first kappa shape index (κ1) is 23.4. The van der Waals surface area contributed by atoms with E-state index in [4.69, 9.17) is 9.73 Å². The molecule has 1 aliphatic rings. The van der Waals surface area contributed by atoms with Crippen LogP contribution in [0.15, 0.2) is 53.7 Å². The monoisotopic (exact) mass is 508 g/mol. The lowest BCUT2D eigenvalue weighted by Crippen LogP contribution is -2.39. The maximum atomic E-state index is 5.45. The average molecular weight is 508 g/mol. The lowest BCUT2D eigenvalue weighted by atomic mass is 9.79. The van der Waals surface area contributed by atoms with E-state index in [-0.39, 0.29) is 29.4 Å². The molecule has 0 spiro atoms. The zero-order valence-electron chi connectivity index (χ0n) is 17.5. The Kier molecular flexibility index (Phi) is 9.70. The molecule has 1 aromatic heterocycles. The smallest absolute Gasteiger partial charge is 0.191 e. The van der Waals surface area contributed by atoms with Crippen molar-refractivity contribution in [3.05, 3.63) is 59.9 Å². The highest BCUT2D eigenvalue weighted by molar-refractivity contribution is 14.0. The molecule has 0 unspecified atom stereocenters. The SMILES string of the molecule is CCNC(=NCC1(c2cccc(OC)c2)CCCC1)NCCc1ccccn1.I. The van der Waals surface area contributed by atoms with Gasteiger partial charge in [-0.2, -0.15) is 0 Å². The minimum atomic E-state index is 0. The Bertz CT molecular complexity index is 760. The minimum Gasteiger partial charge on any atom is -0.497 e. The van der Waals surface area contributed by atoms with Crippen LogP contribution in [-0.4, -0.2) is 37.7 Å². The van der Waals surface area contributed by atoms with E-state index in [1.54, 1.807) is 7.11 Å². The zero-order valence-corrected chi connectivity index (χ0v) is 19.8. The number of nitrogens with zero attached hydrogens (tertiary/aromatic N) is 2. The van der Waals surface area contributed by atoms with Crippen LogP contribution in [0.1, 0.15) is 43.9 Å². The maximum Gasteiger partial charge on any atom is 0.191 e. The van der Waals surface area contributed by atoms with Crippen molar-refractivity contribution in [2.24, 2.45) is 4.99 Å². The van der Waals surface area contributed by atoms with E-state index in [1.807, 2.05) is 24.4 Å². The lowest BCUT2D eigenvalue weighted by molar-refractivity contribution is 0.407. The summed E-state index contributed by atoms with van der Waals surface area (Å²) in [5, 5.41) is 6.84. The third kappa shape index (κ3) is 6.59. The van der Waals surface area contributed by atoms with Gasteiger partial charge in [0.2, 0.25) is 0 Å². The molecule has 5 nitrogen and oxygen atoms in total. The number of aliphatic imine (C=N–C) groups is 1. The topological polar surface area (TPSA) is 58.5 Å². The number of methoxy groups -OCH3 is 1. The van der Waals surface area contributed by atoms with Crippen LogP contribution in [0.4, 0.5) is 0 Å². The first-order valence-electron chi connectivity index (χ1n) is 10.3. The first-order chi connectivity index (χ1) is 13.8. The molecule has 1 saturated carbocycles. The van der Waals surface area contributed by atoms with Crippen LogP contribution in [-0.2, 0) is 11.8 Å². The molecule has 0 bridgehead atoms. The summed E-state index contributed by atoms with van der Waals surface area (Å²) >= 11 is 0. The molecule has 1 fully saturated rings. The van der Waals surface area contributed by atoms with Gasteiger partial charge in [-0.1, -0.05) is 31.0 Å². The fourth-order valence-electron chi connectivity index (χ4n) is 3.97. The van der Waals surface area contributed by atoms with Crippen LogP contribution in [0.25, 0.3) is 0 Å². The number of guanidine groups is 1. The molecular formula is C23H33IN4O. The highest BCUT2D eigenvalue weighted by atomic mass is 127. The molecule has 1 aliphatic carbocycles. The van der Waals surface area contributed by atoms with Crippen molar-refractivity contribution in [3.8, 4) is 5.75 Å². The minimum absolute atomic E-state index is 0. The van der Waals surface area contributed by atoms with Gasteiger partial charge in [0.1, 0.15) is 5.75 Å². The first-order valence-corrected chi connectivity index (χ1v) is 10.3. The van der Waals surface area contributed by atoms with E-state index in [1.165, 1.54) is 31.2 Å². The van der Waals surface area contributed by atoms with Gasteiger partial charge in [0.25, 0.3) is 0 Å². The van der Waals surface area contributed by atoms with Crippen molar-refractivity contribution in [1.82, 2.24) is 15.6 Å². The highest BCUT2D eigenvalue weighted by Gasteiger charge is 2.35. The van der Waals surface area contributed by atoms with Gasteiger partial charge in [-0.05, 0) is 49.6 Å². The van der Waals surface area contributed by atoms with Crippen LogP contribution >= 0.6 is 24.0 Å².